The topological polar surface area (TPSA) is 85.6 Å². The molecule has 0 fully saturated rings. The van der Waals surface area contributed by atoms with Crippen LogP contribution >= 0.6 is 0 Å². The van der Waals surface area contributed by atoms with Crippen LogP contribution in [0.25, 0.3) is 0 Å². The number of aromatic nitrogens is 1. The molecular formula is C12H15NO5. The molecule has 0 atom stereocenters. The van der Waals surface area contributed by atoms with Gasteiger partial charge < -0.3 is 14.4 Å². The van der Waals surface area contributed by atoms with Crippen molar-refractivity contribution in [1.82, 2.24) is 4.57 Å². The predicted octanol–water partition coefficient (Wildman–Crippen LogP) is 1.27. The average Bonchev–Trinajstić information content (AvgIpc) is 2.61. The van der Waals surface area contributed by atoms with Crippen molar-refractivity contribution in [2.75, 3.05) is 6.61 Å². The summed E-state index contributed by atoms with van der Waals surface area (Å²) in [5, 5.41) is 9.13. The minimum Gasteiger partial charge on any atom is -0.477 e. The molecule has 6 heteroatoms. The molecular weight excluding hydrogens is 238 g/mol. The van der Waals surface area contributed by atoms with Gasteiger partial charge in [0.05, 0.1) is 17.9 Å². The Bertz CT molecular complexity index is 501. The Hall–Kier alpha value is -2.11. The van der Waals surface area contributed by atoms with E-state index in [0.717, 1.165) is 0 Å². The third kappa shape index (κ3) is 2.13. The number of nitrogens with zero attached hydrogens (tertiary/aromatic N) is 1. The van der Waals surface area contributed by atoms with Gasteiger partial charge in [0.25, 0.3) is 0 Å². The van der Waals surface area contributed by atoms with Gasteiger partial charge in [-0.25, -0.2) is 9.59 Å². The van der Waals surface area contributed by atoms with Crippen LogP contribution in [0, 0.1) is 0 Å². The second-order valence-corrected chi connectivity index (χ2v) is 3.64. The first-order valence-corrected chi connectivity index (χ1v) is 5.56. The van der Waals surface area contributed by atoms with Crippen LogP contribution in [0.5, 0.6) is 0 Å². The van der Waals surface area contributed by atoms with Crippen molar-refractivity contribution < 1.29 is 24.2 Å². The van der Waals surface area contributed by atoms with Gasteiger partial charge in [-0.2, -0.15) is 0 Å². The zero-order valence-electron chi connectivity index (χ0n) is 10.5. The molecule has 0 aromatic carbocycles. The molecule has 1 aromatic rings. The first-order valence-electron chi connectivity index (χ1n) is 5.56. The largest absolute Gasteiger partial charge is 0.477 e. The van der Waals surface area contributed by atoms with Crippen LogP contribution in [0.4, 0.5) is 0 Å². The summed E-state index contributed by atoms with van der Waals surface area (Å²) in [5.41, 5.74) is 0.352. The molecule has 1 rings (SSSR count). The van der Waals surface area contributed by atoms with E-state index in [1.807, 2.05) is 0 Å². The number of hydrogen-bond acceptors (Lipinski definition) is 4. The highest BCUT2D eigenvalue weighted by Gasteiger charge is 2.28. The Labute approximate surface area is 104 Å². The molecule has 98 valence electrons. The second-order valence-electron chi connectivity index (χ2n) is 3.64. The van der Waals surface area contributed by atoms with Crippen molar-refractivity contribution in [2.24, 2.45) is 7.05 Å². The zero-order valence-corrected chi connectivity index (χ0v) is 10.5. The van der Waals surface area contributed by atoms with Gasteiger partial charge in [0.15, 0.2) is 6.29 Å². The van der Waals surface area contributed by atoms with Crippen LogP contribution < -0.4 is 0 Å². The van der Waals surface area contributed by atoms with E-state index in [0.29, 0.717) is 18.3 Å². The Kier molecular flexibility index (Phi) is 4.25. The first kappa shape index (κ1) is 14.0. The minimum atomic E-state index is -1.17. The number of esters is 1. The summed E-state index contributed by atoms with van der Waals surface area (Å²) in [4.78, 5) is 34.0. The number of rotatable bonds is 5. The smallest absolute Gasteiger partial charge is 0.352 e. The van der Waals surface area contributed by atoms with E-state index in [-0.39, 0.29) is 23.6 Å². The molecule has 0 saturated carbocycles. The van der Waals surface area contributed by atoms with E-state index in [1.165, 1.54) is 11.6 Å². The Morgan fingerprint density at radius 2 is 2.00 bits per heavy atom. The summed E-state index contributed by atoms with van der Waals surface area (Å²) >= 11 is 0. The summed E-state index contributed by atoms with van der Waals surface area (Å²) in [6, 6.07) is 0. The molecule has 0 aliphatic rings. The molecule has 0 radical (unpaired) electrons. The lowest BCUT2D eigenvalue weighted by Gasteiger charge is -2.03. The fourth-order valence-electron chi connectivity index (χ4n) is 1.95. The standard InChI is InChI=1S/C12H15NO5/c1-4-7-9(12(17)18-5-2)8(6-14)13(3)10(7)11(15)16/h6H,4-5H2,1-3H3,(H,15,16). The van der Waals surface area contributed by atoms with E-state index >= 15 is 0 Å². The van der Waals surface area contributed by atoms with Gasteiger partial charge in [0.1, 0.15) is 5.69 Å². The van der Waals surface area contributed by atoms with E-state index in [9.17, 15) is 14.4 Å². The van der Waals surface area contributed by atoms with Crippen molar-refractivity contribution in [3.05, 3.63) is 22.5 Å². The lowest BCUT2D eigenvalue weighted by atomic mass is 10.1. The van der Waals surface area contributed by atoms with Gasteiger partial charge in [0, 0.05) is 7.05 Å². The van der Waals surface area contributed by atoms with Gasteiger partial charge in [-0.05, 0) is 18.9 Å². The number of aromatic carboxylic acids is 1. The number of carbonyl (C=O) groups is 3. The number of carboxylic acid groups (broad SMARTS) is 1. The molecule has 0 spiro atoms. The minimum absolute atomic E-state index is 0.0303. The fraction of sp³-hybridized carbons (Fsp3) is 0.417. The van der Waals surface area contributed by atoms with Crippen LogP contribution in [-0.4, -0.2) is 34.5 Å². The summed E-state index contributed by atoms with van der Waals surface area (Å²) in [6.45, 7) is 3.53. The van der Waals surface area contributed by atoms with Crippen LogP contribution in [0.15, 0.2) is 0 Å². The molecule has 1 N–H and O–H groups in total. The van der Waals surface area contributed by atoms with Gasteiger partial charge in [-0.15, -0.1) is 0 Å². The van der Waals surface area contributed by atoms with Crippen molar-refractivity contribution >= 4 is 18.2 Å². The monoisotopic (exact) mass is 253 g/mol. The number of hydrogen-bond donors (Lipinski definition) is 1. The number of carbonyl (C=O) groups excluding carboxylic acids is 2. The maximum atomic E-state index is 11.8. The molecule has 0 aliphatic carbocycles. The first-order chi connectivity index (χ1) is 8.49. The Morgan fingerprint density at radius 3 is 2.39 bits per heavy atom. The van der Waals surface area contributed by atoms with Crippen LogP contribution in [-0.2, 0) is 18.2 Å². The predicted molar refractivity (Wildman–Crippen MR) is 63.1 cm³/mol. The Morgan fingerprint density at radius 1 is 1.39 bits per heavy atom. The molecule has 0 unspecified atom stereocenters. The van der Waals surface area contributed by atoms with Crippen LogP contribution in [0.2, 0.25) is 0 Å². The maximum absolute atomic E-state index is 11.8. The molecule has 6 nitrogen and oxygen atoms in total. The van der Waals surface area contributed by atoms with E-state index in [1.54, 1.807) is 13.8 Å². The lowest BCUT2D eigenvalue weighted by Crippen LogP contribution is -2.09. The van der Waals surface area contributed by atoms with E-state index in [2.05, 4.69) is 0 Å². The summed E-state index contributed by atoms with van der Waals surface area (Å²) in [7, 11) is 1.44. The quantitative estimate of drug-likeness (QED) is 0.631. The van der Waals surface area contributed by atoms with Gasteiger partial charge in [-0.3, -0.25) is 4.79 Å². The maximum Gasteiger partial charge on any atom is 0.352 e. The van der Waals surface area contributed by atoms with Gasteiger partial charge in [-0.1, -0.05) is 6.92 Å². The van der Waals surface area contributed by atoms with Crippen LogP contribution in [0.1, 0.15) is 50.7 Å². The molecule has 1 heterocycles. The van der Waals surface area contributed by atoms with Crippen molar-refractivity contribution in [2.45, 2.75) is 20.3 Å². The summed E-state index contributed by atoms with van der Waals surface area (Å²) in [5.74, 6) is -1.84. The molecule has 0 saturated heterocycles. The second kappa shape index (κ2) is 5.48. The van der Waals surface area contributed by atoms with Crippen LogP contribution in [0.3, 0.4) is 0 Å². The van der Waals surface area contributed by atoms with Crippen molar-refractivity contribution in [3.63, 3.8) is 0 Å². The highest BCUT2D eigenvalue weighted by atomic mass is 16.5. The highest BCUT2D eigenvalue weighted by molar-refractivity contribution is 6.03. The molecule has 0 aliphatic heterocycles. The van der Waals surface area contributed by atoms with Gasteiger partial charge >= 0.3 is 11.9 Å². The average molecular weight is 253 g/mol. The van der Waals surface area contributed by atoms with Crippen molar-refractivity contribution in [1.29, 1.82) is 0 Å². The lowest BCUT2D eigenvalue weighted by molar-refractivity contribution is 0.0523. The highest BCUT2D eigenvalue weighted by Crippen LogP contribution is 2.23. The SMILES string of the molecule is CCOC(=O)c1c(CC)c(C(=O)O)n(C)c1C=O. The molecule has 0 bridgehead atoms. The Balaban J connectivity index is 3.57. The summed E-state index contributed by atoms with van der Waals surface area (Å²) in [6.07, 6.45) is 0.801. The third-order valence-electron chi connectivity index (χ3n) is 2.69. The molecule has 18 heavy (non-hydrogen) atoms. The van der Waals surface area contributed by atoms with E-state index < -0.39 is 11.9 Å². The normalized spacial score (nSPS) is 10.2. The number of aldehydes is 1. The van der Waals surface area contributed by atoms with Crippen molar-refractivity contribution in [3.8, 4) is 0 Å². The summed E-state index contributed by atoms with van der Waals surface area (Å²) < 4.78 is 6.07. The molecule has 0 amide bonds. The zero-order chi connectivity index (χ0) is 13.9. The van der Waals surface area contributed by atoms with Gasteiger partial charge in [0.2, 0.25) is 0 Å². The molecule has 1 aromatic heterocycles. The number of ether oxygens (including phenoxy) is 1. The third-order valence-corrected chi connectivity index (χ3v) is 2.69. The number of carboxylic acids is 1. The fourth-order valence-corrected chi connectivity index (χ4v) is 1.95. The van der Waals surface area contributed by atoms with E-state index in [4.69, 9.17) is 9.84 Å².